The van der Waals surface area contributed by atoms with E-state index in [4.69, 9.17) is 0 Å². The Morgan fingerprint density at radius 3 is 1.77 bits per heavy atom. The number of benzene rings is 2. The van der Waals surface area contributed by atoms with Crippen molar-refractivity contribution < 1.29 is 0 Å². The summed E-state index contributed by atoms with van der Waals surface area (Å²) in [4.78, 5) is 0. The van der Waals surface area contributed by atoms with E-state index in [1.807, 2.05) is 0 Å². The average molecular weight is 184 g/mol. The minimum Gasteiger partial charge on any atom is -0.0622 e. The monoisotopic (exact) mass is 184 g/mol. The number of hydrogen-bond acceptors (Lipinski definition) is 0. The van der Waals surface area contributed by atoms with Gasteiger partial charge in [-0.05, 0) is 23.8 Å². The Kier molecular flexibility index (Phi) is 1.50. The van der Waals surface area contributed by atoms with Crippen LogP contribution in [0.4, 0.5) is 0 Å². The predicted octanol–water partition coefficient (Wildman–Crippen LogP) is 1.76. The summed E-state index contributed by atoms with van der Waals surface area (Å²) in [5, 5.41) is 4.60. The van der Waals surface area contributed by atoms with E-state index in [0.717, 1.165) is 0 Å². The molecule has 0 saturated carbocycles. The summed E-state index contributed by atoms with van der Waals surface area (Å²) in [7, 11) is -0.0504. The standard InChI is InChI=1S/C12H9P/c1-2-6-10(7-3-1)13-11-8-4-5-9-12(11)13/h1-9H. The highest BCUT2D eigenvalue weighted by molar-refractivity contribution is 7.90. The van der Waals surface area contributed by atoms with Crippen LogP contribution < -0.4 is 15.9 Å². The molecule has 0 radical (unpaired) electrons. The van der Waals surface area contributed by atoms with E-state index in [1.165, 1.54) is 5.30 Å². The fourth-order valence-corrected chi connectivity index (χ4v) is 3.84. The van der Waals surface area contributed by atoms with Gasteiger partial charge in [-0.25, -0.2) is 0 Å². The van der Waals surface area contributed by atoms with Crippen molar-refractivity contribution in [3.63, 3.8) is 0 Å². The molecule has 0 amide bonds. The second-order valence-electron chi connectivity index (χ2n) is 3.16. The molecule has 0 atom stereocenters. The van der Waals surface area contributed by atoms with Crippen molar-refractivity contribution in [3.8, 4) is 0 Å². The van der Waals surface area contributed by atoms with E-state index in [0.29, 0.717) is 0 Å². The Balaban J connectivity index is 2.02. The topological polar surface area (TPSA) is 0 Å². The van der Waals surface area contributed by atoms with Crippen LogP contribution in [0.3, 0.4) is 0 Å². The van der Waals surface area contributed by atoms with E-state index in [1.54, 1.807) is 10.6 Å². The third-order valence-corrected chi connectivity index (χ3v) is 4.66. The molecule has 1 aliphatic rings. The van der Waals surface area contributed by atoms with E-state index < -0.39 is 0 Å². The third-order valence-electron chi connectivity index (χ3n) is 2.33. The third kappa shape index (κ3) is 1.10. The molecule has 1 aliphatic heterocycles. The molecule has 0 N–H and O–H groups in total. The van der Waals surface area contributed by atoms with Gasteiger partial charge in [0.05, 0.1) is 0 Å². The first kappa shape index (κ1) is 7.29. The highest BCUT2D eigenvalue weighted by Gasteiger charge is 2.32. The van der Waals surface area contributed by atoms with Gasteiger partial charge >= 0.3 is 0 Å². The second kappa shape index (κ2) is 2.68. The zero-order valence-electron chi connectivity index (χ0n) is 7.14. The quantitative estimate of drug-likeness (QED) is 0.505. The summed E-state index contributed by atoms with van der Waals surface area (Å²) in [6.07, 6.45) is 0. The molecule has 2 aromatic carbocycles. The van der Waals surface area contributed by atoms with Crippen LogP contribution in [0.2, 0.25) is 0 Å². The Morgan fingerprint density at radius 1 is 0.615 bits per heavy atom. The number of fused-ring (bicyclic) bond motifs is 1. The van der Waals surface area contributed by atoms with Crippen LogP contribution in [0, 0.1) is 0 Å². The molecule has 0 saturated heterocycles. The minimum atomic E-state index is -0.0504. The molecule has 0 spiro atoms. The molecule has 0 unspecified atom stereocenters. The van der Waals surface area contributed by atoms with Crippen LogP contribution in [0.1, 0.15) is 0 Å². The van der Waals surface area contributed by atoms with Gasteiger partial charge < -0.3 is 0 Å². The summed E-state index contributed by atoms with van der Waals surface area (Å²) < 4.78 is 0. The van der Waals surface area contributed by atoms with E-state index >= 15 is 0 Å². The summed E-state index contributed by atoms with van der Waals surface area (Å²) in [5.41, 5.74) is 0. The van der Waals surface area contributed by atoms with Gasteiger partial charge in [-0.2, -0.15) is 0 Å². The van der Waals surface area contributed by atoms with Gasteiger partial charge in [0.15, 0.2) is 0 Å². The molecule has 0 aromatic heterocycles. The van der Waals surface area contributed by atoms with Crippen LogP contribution >= 0.6 is 7.92 Å². The molecule has 1 heterocycles. The van der Waals surface area contributed by atoms with Crippen molar-refractivity contribution in [2.75, 3.05) is 0 Å². The lowest BCUT2D eigenvalue weighted by molar-refractivity contribution is 1.78. The first-order chi connectivity index (χ1) is 6.47. The lowest BCUT2D eigenvalue weighted by Crippen LogP contribution is -1.94. The van der Waals surface area contributed by atoms with Crippen LogP contribution in [-0.4, -0.2) is 0 Å². The highest BCUT2D eigenvalue weighted by Crippen LogP contribution is 2.43. The van der Waals surface area contributed by atoms with Crippen LogP contribution in [0.5, 0.6) is 0 Å². The van der Waals surface area contributed by atoms with Gasteiger partial charge in [0.2, 0.25) is 0 Å². The maximum atomic E-state index is 2.24. The minimum absolute atomic E-state index is 0.0504. The first-order valence-corrected chi connectivity index (χ1v) is 5.75. The average Bonchev–Trinajstić information content (AvgIpc) is 2.93. The molecule has 0 fully saturated rings. The summed E-state index contributed by atoms with van der Waals surface area (Å²) in [5.74, 6) is 0. The Bertz CT molecular complexity index is 411. The van der Waals surface area contributed by atoms with Crippen LogP contribution in [0.25, 0.3) is 0 Å². The van der Waals surface area contributed by atoms with Gasteiger partial charge in [-0.15, -0.1) is 0 Å². The lowest BCUT2D eigenvalue weighted by Gasteiger charge is -1.94. The normalized spacial score (nSPS) is 13.8. The lowest BCUT2D eigenvalue weighted by atomic mass is 10.4. The molecule has 1 heteroatoms. The van der Waals surface area contributed by atoms with E-state index in [9.17, 15) is 0 Å². The summed E-state index contributed by atoms with van der Waals surface area (Å²) in [6.45, 7) is 0. The van der Waals surface area contributed by atoms with Gasteiger partial charge in [-0.3, -0.25) is 0 Å². The maximum Gasteiger partial charge on any atom is -0.00673 e. The summed E-state index contributed by atoms with van der Waals surface area (Å²) >= 11 is 0. The van der Waals surface area contributed by atoms with Gasteiger partial charge in [0, 0.05) is 0 Å². The van der Waals surface area contributed by atoms with Crippen molar-refractivity contribution in [1.82, 2.24) is 0 Å². The Hall–Kier alpha value is -1.13. The molecule has 13 heavy (non-hydrogen) atoms. The predicted molar refractivity (Wildman–Crippen MR) is 58.7 cm³/mol. The van der Waals surface area contributed by atoms with Crippen molar-refractivity contribution in [2.45, 2.75) is 0 Å². The summed E-state index contributed by atoms with van der Waals surface area (Å²) in [6, 6.07) is 19.5. The van der Waals surface area contributed by atoms with Gasteiger partial charge in [-0.1, -0.05) is 54.6 Å². The zero-order chi connectivity index (χ0) is 8.67. The van der Waals surface area contributed by atoms with E-state index in [2.05, 4.69) is 54.6 Å². The molecule has 2 aromatic rings. The van der Waals surface area contributed by atoms with Gasteiger partial charge in [0.25, 0.3) is 0 Å². The smallest absolute Gasteiger partial charge is 0.00673 e. The fraction of sp³-hybridized carbons (Fsp3) is 0. The Morgan fingerprint density at radius 2 is 1.15 bits per heavy atom. The zero-order valence-corrected chi connectivity index (χ0v) is 8.04. The van der Waals surface area contributed by atoms with E-state index in [-0.39, 0.29) is 7.92 Å². The van der Waals surface area contributed by atoms with Crippen molar-refractivity contribution in [3.05, 3.63) is 54.6 Å². The molecular weight excluding hydrogens is 175 g/mol. The molecule has 62 valence electrons. The van der Waals surface area contributed by atoms with Crippen molar-refractivity contribution >= 4 is 23.8 Å². The number of rotatable bonds is 1. The molecule has 3 rings (SSSR count). The maximum absolute atomic E-state index is 2.24. The van der Waals surface area contributed by atoms with Crippen LogP contribution in [0.15, 0.2) is 54.6 Å². The second-order valence-corrected chi connectivity index (χ2v) is 5.31. The Labute approximate surface area is 79.0 Å². The highest BCUT2D eigenvalue weighted by atomic mass is 31.1. The molecule has 0 nitrogen and oxygen atoms in total. The first-order valence-electron chi connectivity index (χ1n) is 4.41. The van der Waals surface area contributed by atoms with Crippen molar-refractivity contribution in [2.24, 2.45) is 0 Å². The SMILES string of the molecule is c1ccc(P2c3ccccc32)cc1. The number of hydrogen-bond donors (Lipinski definition) is 0. The molecule has 0 aliphatic carbocycles. The van der Waals surface area contributed by atoms with Crippen molar-refractivity contribution in [1.29, 1.82) is 0 Å². The van der Waals surface area contributed by atoms with Gasteiger partial charge in [0.1, 0.15) is 0 Å². The molecule has 0 bridgehead atoms. The largest absolute Gasteiger partial charge is 0.0622 e. The molecular formula is C12H9P. The fourth-order valence-electron chi connectivity index (χ4n) is 1.66. The van der Waals surface area contributed by atoms with Crippen LogP contribution in [-0.2, 0) is 0 Å².